The number of hydrogen-bond acceptors (Lipinski definition) is 4. The Balaban J connectivity index is 2.37. The van der Waals surface area contributed by atoms with Crippen LogP contribution in [0.2, 0.25) is 5.15 Å². The lowest BCUT2D eigenvalue weighted by Crippen LogP contribution is -2.01. The number of aromatic nitrogens is 2. The molecule has 0 amide bonds. The van der Waals surface area contributed by atoms with Crippen molar-refractivity contribution in [1.82, 2.24) is 9.97 Å². The third-order valence-corrected chi connectivity index (χ3v) is 3.21. The van der Waals surface area contributed by atoms with Gasteiger partial charge in [0.1, 0.15) is 11.0 Å². The van der Waals surface area contributed by atoms with Crippen LogP contribution in [0.25, 0.3) is 0 Å². The van der Waals surface area contributed by atoms with Crippen LogP contribution in [0.4, 0.5) is 0 Å². The number of para-hydroxylation sites is 2. The summed E-state index contributed by atoms with van der Waals surface area (Å²) in [4.78, 5) is 8.67. The fraction of sp³-hybridized carbons (Fsp3) is 0.333. The van der Waals surface area contributed by atoms with Crippen molar-refractivity contribution >= 4 is 11.6 Å². The normalized spacial score (nSPS) is 10.4. The van der Waals surface area contributed by atoms with Crippen LogP contribution in [0, 0.1) is 6.92 Å². The molecule has 0 unspecified atom stereocenters. The molecular formula is C15H17ClN2O2. The number of benzene rings is 1. The van der Waals surface area contributed by atoms with E-state index in [1.54, 1.807) is 7.11 Å². The fourth-order valence-corrected chi connectivity index (χ4v) is 1.93. The highest BCUT2D eigenvalue weighted by Gasteiger charge is 2.13. The first-order chi connectivity index (χ1) is 9.65. The molecule has 1 aromatic heterocycles. The van der Waals surface area contributed by atoms with Crippen molar-refractivity contribution in [3.63, 3.8) is 0 Å². The van der Waals surface area contributed by atoms with Crippen molar-refractivity contribution in [3.8, 4) is 17.4 Å². The highest BCUT2D eigenvalue weighted by Crippen LogP contribution is 2.33. The summed E-state index contributed by atoms with van der Waals surface area (Å²) in [5, 5.41) is 0.424. The first kappa shape index (κ1) is 14.6. The third kappa shape index (κ3) is 3.20. The maximum Gasteiger partial charge on any atom is 0.227 e. The molecule has 4 nitrogen and oxygen atoms in total. The Morgan fingerprint density at radius 3 is 2.50 bits per heavy atom. The zero-order valence-corrected chi connectivity index (χ0v) is 12.6. The Kier molecular flexibility index (Phi) is 4.79. The first-order valence-electron chi connectivity index (χ1n) is 6.49. The minimum Gasteiger partial charge on any atom is -0.493 e. The van der Waals surface area contributed by atoms with Gasteiger partial charge in [0.15, 0.2) is 11.5 Å². The van der Waals surface area contributed by atoms with Crippen LogP contribution < -0.4 is 9.47 Å². The lowest BCUT2D eigenvalue weighted by atomic mass is 10.3. The van der Waals surface area contributed by atoms with Gasteiger partial charge in [0, 0.05) is 12.0 Å². The van der Waals surface area contributed by atoms with E-state index in [4.69, 9.17) is 21.1 Å². The summed E-state index contributed by atoms with van der Waals surface area (Å²) in [7, 11) is 1.60. The largest absolute Gasteiger partial charge is 0.493 e. The maximum absolute atomic E-state index is 6.13. The van der Waals surface area contributed by atoms with E-state index in [9.17, 15) is 0 Å². The van der Waals surface area contributed by atoms with E-state index in [1.807, 2.05) is 31.2 Å². The molecular weight excluding hydrogens is 276 g/mol. The lowest BCUT2D eigenvalue weighted by Gasteiger charge is -2.12. The second-order valence-corrected chi connectivity index (χ2v) is 4.72. The highest BCUT2D eigenvalue weighted by atomic mass is 35.5. The highest BCUT2D eigenvalue weighted by molar-refractivity contribution is 6.30. The molecule has 1 aromatic carbocycles. The van der Waals surface area contributed by atoms with Gasteiger partial charge < -0.3 is 9.47 Å². The Labute approximate surface area is 123 Å². The van der Waals surface area contributed by atoms with Gasteiger partial charge in [0.2, 0.25) is 5.88 Å². The van der Waals surface area contributed by atoms with Gasteiger partial charge in [-0.2, -0.15) is 4.98 Å². The van der Waals surface area contributed by atoms with Crippen LogP contribution in [0.1, 0.15) is 24.7 Å². The molecule has 0 bridgehead atoms. The van der Waals surface area contributed by atoms with Gasteiger partial charge >= 0.3 is 0 Å². The minimum absolute atomic E-state index is 0.424. The van der Waals surface area contributed by atoms with Gasteiger partial charge in [0.05, 0.1) is 7.11 Å². The van der Waals surface area contributed by atoms with E-state index in [1.165, 1.54) is 0 Å². The molecule has 2 rings (SSSR count). The van der Waals surface area contributed by atoms with Crippen molar-refractivity contribution in [2.75, 3.05) is 7.11 Å². The molecule has 0 spiro atoms. The average molecular weight is 293 g/mol. The Bertz CT molecular complexity index is 602. The van der Waals surface area contributed by atoms with Gasteiger partial charge in [-0.05, 0) is 25.5 Å². The van der Waals surface area contributed by atoms with Crippen molar-refractivity contribution in [2.45, 2.75) is 26.7 Å². The summed E-state index contributed by atoms with van der Waals surface area (Å²) in [5.41, 5.74) is 0.720. The molecule has 106 valence electrons. The van der Waals surface area contributed by atoms with Gasteiger partial charge in [-0.15, -0.1) is 0 Å². The number of hydrogen-bond donors (Lipinski definition) is 0. The van der Waals surface area contributed by atoms with E-state index >= 15 is 0 Å². The summed E-state index contributed by atoms with van der Waals surface area (Å²) in [6, 6.07) is 7.42. The van der Waals surface area contributed by atoms with E-state index in [2.05, 4.69) is 16.9 Å². The van der Waals surface area contributed by atoms with E-state index < -0.39 is 0 Å². The average Bonchev–Trinajstić information content (AvgIpc) is 2.45. The molecule has 0 aliphatic carbocycles. The van der Waals surface area contributed by atoms with E-state index in [-0.39, 0.29) is 0 Å². The number of rotatable bonds is 5. The molecule has 0 fully saturated rings. The second kappa shape index (κ2) is 6.57. The van der Waals surface area contributed by atoms with Crippen molar-refractivity contribution in [1.29, 1.82) is 0 Å². The molecule has 5 heteroatoms. The molecule has 0 N–H and O–H groups in total. The smallest absolute Gasteiger partial charge is 0.227 e. The first-order valence-corrected chi connectivity index (χ1v) is 6.87. The number of halogens is 1. The van der Waals surface area contributed by atoms with Crippen LogP contribution in [-0.2, 0) is 6.42 Å². The standard InChI is InChI=1S/C15H17ClN2O2/c1-4-7-13-17-14(16)10(2)15(18-13)20-12-9-6-5-8-11(12)19-3/h5-6,8-9H,4,7H2,1-3H3. The van der Waals surface area contributed by atoms with Crippen LogP contribution in [-0.4, -0.2) is 17.1 Å². The van der Waals surface area contributed by atoms with E-state index in [0.717, 1.165) is 18.4 Å². The molecule has 0 atom stereocenters. The van der Waals surface area contributed by atoms with Gasteiger partial charge in [-0.3, -0.25) is 0 Å². The molecule has 1 heterocycles. The minimum atomic E-state index is 0.424. The van der Waals surface area contributed by atoms with Crippen LogP contribution in [0.3, 0.4) is 0 Å². The van der Waals surface area contributed by atoms with Gasteiger partial charge in [-0.1, -0.05) is 30.7 Å². The SMILES string of the molecule is CCCc1nc(Cl)c(C)c(Oc2ccccc2OC)n1. The number of nitrogens with zero attached hydrogens (tertiary/aromatic N) is 2. The van der Waals surface area contributed by atoms with Crippen LogP contribution in [0.5, 0.6) is 17.4 Å². The molecule has 20 heavy (non-hydrogen) atoms. The summed E-state index contributed by atoms with van der Waals surface area (Å²) in [6.45, 7) is 3.90. The maximum atomic E-state index is 6.13. The summed E-state index contributed by atoms with van der Waals surface area (Å²) in [5.74, 6) is 2.42. The number of methoxy groups -OCH3 is 1. The Hall–Kier alpha value is -1.81. The van der Waals surface area contributed by atoms with Gasteiger partial charge in [0.25, 0.3) is 0 Å². The molecule has 0 aliphatic heterocycles. The predicted molar refractivity (Wildman–Crippen MR) is 78.8 cm³/mol. The summed E-state index contributed by atoms with van der Waals surface area (Å²) in [6.07, 6.45) is 1.72. The Morgan fingerprint density at radius 2 is 1.85 bits per heavy atom. The van der Waals surface area contributed by atoms with Crippen molar-refractivity contribution < 1.29 is 9.47 Å². The number of aryl methyl sites for hydroxylation is 1. The monoisotopic (exact) mass is 292 g/mol. The molecule has 2 aromatic rings. The van der Waals surface area contributed by atoms with Gasteiger partial charge in [-0.25, -0.2) is 4.98 Å². The Morgan fingerprint density at radius 1 is 1.15 bits per heavy atom. The third-order valence-electron chi connectivity index (χ3n) is 2.84. The molecule has 0 saturated carbocycles. The zero-order valence-electron chi connectivity index (χ0n) is 11.8. The van der Waals surface area contributed by atoms with E-state index in [0.29, 0.717) is 28.4 Å². The topological polar surface area (TPSA) is 44.2 Å². The van der Waals surface area contributed by atoms with Crippen LogP contribution >= 0.6 is 11.6 Å². The quantitative estimate of drug-likeness (QED) is 0.775. The molecule has 0 aliphatic rings. The fourth-order valence-electron chi connectivity index (χ4n) is 1.75. The molecule has 0 saturated heterocycles. The lowest BCUT2D eigenvalue weighted by molar-refractivity contribution is 0.372. The van der Waals surface area contributed by atoms with Crippen molar-refractivity contribution in [3.05, 3.63) is 40.8 Å². The molecule has 0 radical (unpaired) electrons. The summed E-state index contributed by atoms with van der Waals surface area (Å²) < 4.78 is 11.1. The summed E-state index contributed by atoms with van der Waals surface area (Å²) >= 11 is 6.13. The second-order valence-electron chi connectivity index (χ2n) is 4.36. The van der Waals surface area contributed by atoms with Crippen LogP contribution in [0.15, 0.2) is 24.3 Å². The zero-order chi connectivity index (χ0) is 14.5. The predicted octanol–water partition coefficient (Wildman–Crippen LogP) is 4.19. The van der Waals surface area contributed by atoms with Crippen molar-refractivity contribution in [2.24, 2.45) is 0 Å². The number of ether oxygens (including phenoxy) is 2.